The first-order valence-electron chi connectivity index (χ1n) is 9.30. The Hall–Kier alpha value is -3.10. The summed E-state index contributed by atoms with van der Waals surface area (Å²) >= 11 is 0. The van der Waals surface area contributed by atoms with Crippen LogP contribution < -0.4 is 10.3 Å². The van der Waals surface area contributed by atoms with Gasteiger partial charge < -0.3 is 4.42 Å². The fourth-order valence-electron chi connectivity index (χ4n) is 3.88. The average Bonchev–Trinajstić information content (AvgIpc) is 3.43. The maximum absolute atomic E-state index is 14.2. The van der Waals surface area contributed by atoms with Crippen molar-refractivity contribution < 1.29 is 32.2 Å². The maximum Gasteiger partial charge on any atom is 0.465 e. The largest absolute Gasteiger partial charge is 0.465 e. The van der Waals surface area contributed by atoms with E-state index in [2.05, 4.69) is 4.99 Å². The summed E-state index contributed by atoms with van der Waals surface area (Å²) in [4.78, 5) is 29.1. The number of furan rings is 1. The Morgan fingerprint density at radius 2 is 1.83 bits per heavy atom. The third-order valence-corrected chi connectivity index (χ3v) is 5.29. The number of nitrogens with zero attached hydrogens (tertiary/aromatic N) is 1. The highest BCUT2D eigenvalue weighted by atomic mass is 19.4. The smallest absolute Gasteiger partial charge is 0.459 e. The Morgan fingerprint density at radius 3 is 2.41 bits per heavy atom. The molecule has 4 rings (SSSR count). The maximum atomic E-state index is 14.2. The standard InChI is InChI=1S/C20H18F3N3O3/c21-20(22,23)19(25-17(27)15-11-6-12-29-15)18(28)26(14-9-4-5-10-14)16(24-19)13-7-2-1-3-8-13/h1-3,6-8,11-12,14H,4-5,9-10H2,(H,25,27)/p+1/t19-/m1/s1. The molecule has 152 valence electrons. The van der Waals surface area contributed by atoms with Gasteiger partial charge in [0.2, 0.25) is 0 Å². The summed E-state index contributed by atoms with van der Waals surface area (Å²) in [6.45, 7) is 0. The van der Waals surface area contributed by atoms with Gasteiger partial charge in [0.25, 0.3) is 11.7 Å². The predicted octanol–water partition coefficient (Wildman–Crippen LogP) is 1.58. The second-order valence-corrected chi connectivity index (χ2v) is 7.13. The number of amidine groups is 1. The summed E-state index contributed by atoms with van der Waals surface area (Å²) in [6.07, 6.45) is -1.05. The lowest BCUT2D eigenvalue weighted by Crippen LogP contribution is -2.96. The first kappa shape index (κ1) is 19.2. The van der Waals surface area contributed by atoms with Crippen LogP contribution in [0, 0.1) is 0 Å². The Kier molecular flexibility index (Phi) is 4.68. The predicted molar refractivity (Wildman–Crippen MR) is 95.6 cm³/mol. The minimum atomic E-state index is -5.08. The molecule has 2 heterocycles. The van der Waals surface area contributed by atoms with Gasteiger partial charge in [-0.1, -0.05) is 18.2 Å². The molecule has 2 aromatic rings. The number of hydrogen-bond donors (Lipinski definition) is 2. The minimum Gasteiger partial charge on any atom is -0.459 e. The highest BCUT2D eigenvalue weighted by Gasteiger charge is 2.73. The monoisotopic (exact) mass is 406 g/mol. The topological polar surface area (TPSA) is 76.5 Å². The quantitative estimate of drug-likeness (QED) is 0.810. The van der Waals surface area contributed by atoms with Gasteiger partial charge in [0.05, 0.1) is 11.8 Å². The summed E-state index contributed by atoms with van der Waals surface area (Å²) in [5.41, 5.74) is -2.84. The van der Waals surface area contributed by atoms with Crippen LogP contribution in [0.1, 0.15) is 41.8 Å². The van der Waals surface area contributed by atoms with E-state index in [9.17, 15) is 22.8 Å². The van der Waals surface area contributed by atoms with Crippen LogP contribution in [0.4, 0.5) is 13.2 Å². The van der Waals surface area contributed by atoms with E-state index < -0.39 is 23.7 Å². The van der Waals surface area contributed by atoms with Crippen LogP contribution in [0.3, 0.4) is 0 Å². The van der Waals surface area contributed by atoms with Crippen molar-refractivity contribution in [3.8, 4) is 0 Å². The molecule has 0 unspecified atom stereocenters. The molecule has 1 aromatic heterocycles. The lowest BCUT2D eigenvalue weighted by atomic mass is 10.1. The van der Waals surface area contributed by atoms with Gasteiger partial charge in [-0.05, 0) is 49.9 Å². The molecule has 1 aromatic carbocycles. The molecule has 0 bridgehead atoms. The van der Waals surface area contributed by atoms with Crippen LogP contribution in [0.5, 0.6) is 0 Å². The number of rotatable bonds is 4. The highest BCUT2D eigenvalue weighted by molar-refractivity contribution is 6.12. The summed E-state index contributed by atoms with van der Waals surface area (Å²) in [5.74, 6) is -2.65. The Labute approximate surface area is 164 Å². The van der Waals surface area contributed by atoms with Gasteiger partial charge in [-0.2, -0.15) is 18.1 Å². The van der Waals surface area contributed by atoms with Gasteiger partial charge in [-0.15, -0.1) is 0 Å². The molecule has 1 saturated carbocycles. The third-order valence-electron chi connectivity index (χ3n) is 5.29. The van der Waals surface area contributed by atoms with Crippen LogP contribution in [0.25, 0.3) is 0 Å². The second-order valence-electron chi connectivity index (χ2n) is 7.13. The van der Waals surface area contributed by atoms with Crippen molar-refractivity contribution in [3.63, 3.8) is 0 Å². The van der Waals surface area contributed by atoms with E-state index in [4.69, 9.17) is 4.42 Å². The molecule has 1 atom stereocenters. The molecule has 2 aliphatic rings. The molecule has 0 radical (unpaired) electrons. The highest BCUT2D eigenvalue weighted by Crippen LogP contribution is 2.34. The molecule has 1 aliphatic heterocycles. The summed E-state index contributed by atoms with van der Waals surface area (Å²) in [6, 6.07) is 10.6. The van der Waals surface area contributed by atoms with Crippen molar-refractivity contribution in [3.05, 3.63) is 60.1 Å². The number of nitrogens with one attached hydrogen (secondary N) is 2. The second kappa shape index (κ2) is 7.06. The zero-order valence-corrected chi connectivity index (χ0v) is 15.3. The summed E-state index contributed by atoms with van der Waals surface area (Å²) in [7, 11) is 0. The van der Waals surface area contributed by atoms with Crippen molar-refractivity contribution >= 4 is 17.6 Å². The molecular weight excluding hydrogens is 387 g/mol. The van der Waals surface area contributed by atoms with Crippen LogP contribution in [-0.4, -0.2) is 40.4 Å². The number of benzene rings is 1. The normalized spacial score (nSPS) is 22.8. The van der Waals surface area contributed by atoms with Crippen LogP contribution in [-0.2, 0) is 4.79 Å². The van der Waals surface area contributed by atoms with Crippen LogP contribution in [0.15, 0.2) is 53.1 Å². The van der Waals surface area contributed by atoms with Crippen molar-refractivity contribution in [1.82, 2.24) is 10.2 Å². The first-order chi connectivity index (χ1) is 13.8. The Bertz CT molecular complexity index is 935. The summed E-state index contributed by atoms with van der Waals surface area (Å²) in [5, 5.41) is 1.86. The van der Waals surface area contributed by atoms with E-state index in [0.29, 0.717) is 18.4 Å². The van der Waals surface area contributed by atoms with Crippen molar-refractivity contribution in [2.45, 2.75) is 43.6 Å². The van der Waals surface area contributed by atoms with Gasteiger partial charge >= 0.3 is 17.7 Å². The fraction of sp³-hybridized carbons (Fsp3) is 0.350. The number of amides is 2. The summed E-state index contributed by atoms with van der Waals surface area (Å²) < 4.78 is 47.6. The fourth-order valence-corrected chi connectivity index (χ4v) is 3.88. The minimum absolute atomic E-state index is 0.0413. The van der Waals surface area contributed by atoms with Gasteiger partial charge in [-0.25, -0.2) is 9.79 Å². The number of hydrogen-bond acceptors (Lipinski definition) is 3. The van der Waals surface area contributed by atoms with Gasteiger partial charge in [-0.3, -0.25) is 10.1 Å². The van der Waals surface area contributed by atoms with E-state index in [0.717, 1.165) is 17.7 Å². The molecule has 6 nitrogen and oxygen atoms in total. The SMILES string of the molecule is O=C(N[C@]1(C(F)(F)F)[NH+]=C(c2ccccc2)N(C2CCCC2)C1=O)c1ccco1. The number of halogens is 3. The van der Waals surface area contributed by atoms with Gasteiger partial charge in [0.15, 0.2) is 5.76 Å². The van der Waals surface area contributed by atoms with Crippen molar-refractivity contribution in [2.75, 3.05) is 0 Å². The Balaban J connectivity index is 1.82. The van der Waals surface area contributed by atoms with Crippen LogP contribution >= 0.6 is 0 Å². The van der Waals surface area contributed by atoms with E-state index in [1.165, 1.54) is 18.4 Å². The third kappa shape index (κ3) is 3.20. The van der Waals surface area contributed by atoms with Gasteiger partial charge in [0, 0.05) is 0 Å². The first-order valence-corrected chi connectivity index (χ1v) is 9.30. The molecule has 1 aliphatic carbocycles. The molecule has 0 saturated heterocycles. The number of carbonyl (C=O) groups excluding carboxylic acids is 2. The lowest BCUT2D eigenvalue weighted by molar-refractivity contribution is -0.580. The molecule has 2 N–H and O–H groups in total. The molecule has 9 heteroatoms. The van der Waals surface area contributed by atoms with Crippen molar-refractivity contribution in [1.29, 1.82) is 0 Å². The number of alkyl halides is 3. The van der Waals surface area contributed by atoms with Crippen LogP contribution in [0.2, 0.25) is 0 Å². The molecule has 2 amide bonds. The Morgan fingerprint density at radius 1 is 1.14 bits per heavy atom. The van der Waals surface area contributed by atoms with Crippen molar-refractivity contribution in [2.24, 2.45) is 0 Å². The molecule has 1 fully saturated rings. The molecule has 29 heavy (non-hydrogen) atoms. The number of carbonyl (C=O) groups is 2. The molecule has 0 spiro atoms. The van der Waals surface area contributed by atoms with E-state index in [-0.39, 0.29) is 17.6 Å². The van der Waals surface area contributed by atoms with Gasteiger partial charge in [0.1, 0.15) is 6.04 Å². The van der Waals surface area contributed by atoms with E-state index in [1.54, 1.807) is 30.3 Å². The zero-order valence-electron chi connectivity index (χ0n) is 15.3. The average molecular weight is 406 g/mol. The zero-order chi connectivity index (χ0) is 20.6. The molecular formula is C20H19F3N3O3+. The van der Waals surface area contributed by atoms with E-state index >= 15 is 0 Å². The lowest BCUT2D eigenvalue weighted by Gasteiger charge is -2.25. The van der Waals surface area contributed by atoms with E-state index in [1.807, 2.05) is 5.32 Å².